The zero-order valence-corrected chi connectivity index (χ0v) is 21.1. The van der Waals surface area contributed by atoms with Gasteiger partial charge < -0.3 is 14.4 Å². The molecule has 6 rings (SSSR count). The first-order chi connectivity index (χ1) is 17.6. The maximum absolute atomic E-state index is 13.9. The van der Waals surface area contributed by atoms with Crippen LogP contribution in [0.15, 0.2) is 60.9 Å². The molecule has 2 aromatic carbocycles. The van der Waals surface area contributed by atoms with Crippen LogP contribution < -0.4 is 0 Å². The van der Waals surface area contributed by atoms with Crippen molar-refractivity contribution in [3.05, 3.63) is 77.9 Å². The molecule has 2 unspecified atom stereocenters. The Bertz CT molecular complexity index is 1220. The number of halogens is 1. The molecule has 0 spiro atoms. The predicted molar refractivity (Wildman–Crippen MR) is 139 cm³/mol. The summed E-state index contributed by atoms with van der Waals surface area (Å²) in [6.45, 7) is 6.52. The minimum absolute atomic E-state index is 0.217. The summed E-state index contributed by atoms with van der Waals surface area (Å²) >= 11 is 0. The number of nitrogens with zero attached hydrogens (tertiary/aromatic N) is 4. The number of imidazole rings is 1. The number of likely N-dealkylation sites (tertiary alicyclic amines) is 2. The molecule has 0 N–H and O–H groups in total. The Hall–Kier alpha value is -2.99. The van der Waals surface area contributed by atoms with Crippen molar-refractivity contribution < 1.29 is 9.18 Å². The fraction of sp³-hybridized carbons (Fsp3) is 0.467. The highest BCUT2D eigenvalue weighted by molar-refractivity contribution is 5.77. The third-order valence-corrected chi connectivity index (χ3v) is 8.98. The largest absolute Gasteiger partial charge is 0.343 e. The summed E-state index contributed by atoms with van der Waals surface area (Å²) in [5.74, 6) is 1.54. The van der Waals surface area contributed by atoms with Crippen LogP contribution in [0.2, 0.25) is 0 Å². The number of benzene rings is 2. The molecule has 3 aliphatic rings. The van der Waals surface area contributed by atoms with Gasteiger partial charge >= 0.3 is 0 Å². The van der Waals surface area contributed by atoms with Crippen molar-refractivity contribution in [2.75, 3.05) is 26.2 Å². The maximum atomic E-state index is 13.9. The molecule has 1 amide bonds. The van der Waals surface area contributed by atoms with Crippen LogP contribution in [-0.4, -0.2) is 57.5 Å². The number of aromatic nitrogens is 2. The molecule has 5 nitrogen and oxygen atoms in total. The third kappa shape index (κ3) is 3.86. The maximum Gasteiger partial charge on any atom is 0.222 e. The van der Waals surface area contributed by atoms with Gasteiger partial charge in [0.05, 0.1) is 5.54 Å². The van der Waals surface area contributed by atoms with E-state index >= 15 is 0 Å². The third-order valence-electron chi connectivity index (χ3n) is 8.98. The summed E-state index contributed by atoms with van der Waals surface area (Å²) in [5.41, 5.74) is 2.62. The smallest absolute Gasteiger partial charge is 0.222 e. The molecular weight excluding hydrogens is 451 g/mol. The fourth-order valence-corrected chi connectivity index (χ4v) is 6.92. The minimum Gasteiger partial charge on any atom is -0.343 e. The van der Waals surface area contributed by atoms with Crippen LogP contribution in [0.25, 0.3) is 11.4 Å². The van der Waals surface area contributed by atoms with E-state index in [1.165, 1.54) is 38.1 Å². The molecule has 0 saturated carbocycles. The highest BCUT2D eigenvalue weighted by Gasteiger charge is 2.45. The summed E-state index contributed by atoms with van der Waals surface area (Å²) in [7, 11) is 0. The van der Waals surface area contributed by atoms with E-state index in [1.54, 1.807) is 0 Å². The summed E-state index contributed by atoms with van der Waals surface area (Å²) in [6.07, 6.45) is 9.67. The summed E-state index contributed by atoms with van der Waals surface area (Å²) in [6, 6.07) is 15.6. The number of hydrogen-bond acceptors (Lipinski definition) is 3. The number of fused-ring (bicyclic) bond motifs is 3. The van der Waals surface area contributed by atoms with Crippen LogP contribution in [0.4, 0.5) is 4.39 Å². The van der Waals surface area contributed by atoms with Gasteiger partial charge in [-0.15, -0.1) is 0 Å². The summed E-state index contributed by atoms with van der Waals surface area (Å²) in [4.78, 5) is 22.9. The van der Waals surface area contributed by atoms with Gasteiger partial charge in [0.25, 0.3) is 0 Å². The standard InChI is InChI=1S/C30H35FN4O/c1-22(33-17-4-5-18-33)23-13-19-34(20-14-23)28(36)12-15-30(24-8-10-25(31)11-9-24)27-7-3-2-6-26(27)29-32-16-21-35(29)30/h2-3,6-11,16,21-23H,4-5,12-15,17-20H2,1H3. The zero-order chi connectivity index (χ0) is 24.7. The Morgan fingerprint density at radius 1 is 1.06 bits per heavy atom. The van der Waals surface area contributed by atoms with Crippen LogP contribution >= 0.6 is 0 Å². The van der Waals surface area contributed by atoms with E-state index in [1.807, 2.05) is 36.7 Å². The highest BCUT2D eigenvalue weighted by atomic mass is 19.1. The molecule has 188 valence electrons. The number of amides is 1. The second-order valence-corrected chi connectivity index (χ2v) is 10.7. The van der Waals surface area contributed by atoms with Gasteiger partial charge in [0.15, 0.2) is 0 Å². The van der Waals surface area contributed by atoms with Gasteiger partial charge in [0, 0.05) is 43.5 Å². The molecule has 0 aliphatic carbocycles. The van der Waals surface area contributed by atoms with Gasteiger partial charge in [0.2, 0.25) is 5.91 Å². The monoisotopic (exact) mass is 486 g/mol. The minimum atomic E-state index is -0.575. The molecule has 3 aromatic rings. The van der Waals surface area contributed by atoms with Gasteiger partial charge in [-0.2, -0.15) is 0 Å². The second-order valence-electron chi connectivity index (χ2n) is 10.7. The molecule has 4 heterocycles. The van der Waals surface area contributed by atoms with Gasteiger partial charge in [-0.1, -0.05) is 36.4 Å². The van der Waals surface area contributed by atoms with Crippen molar-refractivity contribution in [1.82, 2.24) is 19.4 Å². The number of piperidine rings is 1. The molecule has 6 heteroatoms. The fourth-order valence-electron chi connectivity index (χ4n) is 6.92. The second kappa shape index (κ2) is 9.47. The first kappa shape index (κ1) is 23.4. The normalized spacial score (nSPS) is 23.0. The Morgan fingerprint density at radius 3 is 2.53 bits per heavy atom. The van der Waals surface area contributed by atoms with Crippen molar-refractivity contribution in [3.63, 3.8) is 0 Å². The van der Waals surface area contributed by atoms with E-state index in [-0.39, 0.29) is 11.7 Å². The first-order valence-corrected chi connectivity index (χ1v) is 13.5. The lowest BCUT2D eigenvalue weighted by atomic mass is 9.79. The molecule has 3 aliphatic heterocycles. The highest BCUT2D eigenvalue weighted by Crippen LogP contribution is 2.49. The van der Waals surface area contributed by atoms with Crippen LogP contribution in [-0.2, 0) is 10.3 Å². The first-order valence-electron chi connectivity index (χ1n) is 13.5. The van der Waals surface area contributed by atoms with Crippen molar-refractivity contribution in [1.29, 1.82) is 0 Å². The molecule has 1 aromatic heterocycles. The van der Waals surface area contributed by atoms with Crippen molar-refractivity contribution in [3.8, 4) is 11.4 Å². The Morgan fingerprint density at radius 2 is 1.78 bits per heavy atom. The molecule has 2 fully saturated rings. The number of carbonyl (C=O) groups excluding carboxylic acids is 1. The van der Waals surface area contributed by atoms with E-state index in [9.17, 15) is 9.18 Å². The van der Waals surface area contributed by atoms with Gasteiger partial charge in [0.1, 0.15) is 11.6 Å². The van der Waals surface area contributed by atoms with Crippen LogP contribution in [0.5, 0.6) is 0 Å². The SMILES string of the molecule is CC(C1CCN(C(=O)CCC2(c3ccc(F)cc3)c3ccccc3-c3nccn32)CC1)N1CCCC1. The summed E-state index contributed by atoms with van der Waals surface area (Å²) in [5, 5.41) is 0. The number of hydrogen-bond donors (Lipinski definition) is 0. The van der Waals surface area contributed by atoms with Crippen LogP contribution in [0.3, 0.4) is 0 Å². The summed E-state index contributed by atoms with van der Waals surface area (Å²) < 4.78 is 16.1. The van der Waals surface area contributed by atoms with E-state index in [2.05, 4.69) is 38.4 Å². The van der Waals surface area contributed by atoms with Crippen molar-refractivity contribution in [2.45, 2.75) is 57.0 Å². The van der Waals surface area contributed by atoms with Gasteiger partial charge in [-0.3, -0.25) is 4.79 Å². The van der Waals surface area contributed by atoms with Gasteiger partial charge in [-0.05, 0) is 81.3 Å². The predicted octanol–water partition coefficient (Wildman–Crippen LogP) is 5.30. The molecule has 2 atom stereocenters. The van der Waals surface area contributed by atoms with Crippen LogP contribution in [0, 0.1) is 11.7 Å². The molecule has 0 bridgehead atoms. The molecular formula is C30H35FN4O. The van der Waals surface area contributed by atoms with E-state index < -0.39 is 5.54 Å². The Labute approximate surface area is 212 Å². The number of rotatable bonds is 6. The van der Waals surface area contributed by atoms with E-state index in [4.69, 9.17) is 0 Å². The lowest BCUT2D eigenvalue weighted by Gasteiger charge is -2.39. The van der Waals surface area contributed by atoms with Crippen LogP contribution in [0.1, 0.15) is 56.6 Å². The molecule has 36 heavy (non-hydrogen) atoms. The van der Waals surface area contributed by atoms with E-state index in [0.29, 0.717) is 24.8 Å². The van der Waals surface area contributed by atoms with Gasteiger partial charge in [-0.25, -0.2) is 9.37 Å². The quantitative estimate of drug-likeness (QED) is 0.475. The number of carbonyl (C=O) groups is 1. The lowest BCUT2D eigenvalue weighted by molar-refractivity contribution is -0.133. The van der Waals surface area contributed by atoms with E-state index in [0.717, 1.165) is 48.4 Å². The van der Waals surface area contributed by atoms with Crippen molar-refractivity contribution >= 4 is 5.91 Å². The lowest BCUT2D eigenvalue weighted by Crippen LogP contribution is -2.45. The molecule has 2 saturated heterocycles. The Balaban J connectivity index is 1.22. The average molecular weight is 487 g/mol. The zero-order valence-electron chi connectivity index (χ0n) is 21.1. The molecule has 0 radical (unpaired) electrons. The topological polar surface area (TPSA) is 41.4 Å². The Kier molecular flexibility index (Phi) is 6.16. The van der Waals surface area contributed by atoms with Crippen molar-refractivity contribution in [2.24, 2.45) is 5.92 Å². The average Bonchev–Trinajstić information content (AvgIpc) is 3.66.